The maximum Gasteiger partial charge on any atom is 0.191 e. The predicted octanol–water partition coefficient (Wildman–Crippen LogP) is 4.58. The number of aromatic nitrogens is 1. The van der Waals surface area contributed by atoms with Gasteiger partial charge in [-0.25, -0.2) is 9.37 Å². The van der Waals surface area contributed by atoms with Gasteiger partial charge in [-0.2, -0.15) is 0 Å². The first-order valence-corrected chi connectivity index (χ1v) is 9.42. The van der Waals surface area contributed by atoms with Crippen LogP contribution >= 0.6 is 51.2 Å². The van der Waals surface area contributed by atoms with Gasteiger partial charge >= 0.3 is 0 Å². The Labute approximate surface area is 177 Å². The third-order valence-corrected chi connectivity index (χ3v) is 5.20. The Morgan fingerprint density at radius 3 is 2.68 bits per heavy atom. The van der Waals surface area contributed by atoms with Crippen molar-refractivity contribution in [1.29, 1.82) is 0 Å². The number of rotatable bonds is 6. The molecule has 0 aliphatic carbocycles. The highest BCUT2D eigenvalue weighted by atomic mass is 127. The lowest BCUT2D eigenvalue weighted by atomic mass is 10.1. The minimum absolute atomic E-state index is 0. The number of benzene rings is 1. The summed E-state index contributed by atoms with van der Waals surface area (Å²) in [6.45, 7) is 5.47. The van der Waals surface area contributed by atoms with E-state index in [-0.39, 0.29) is 29.8 Å². The summed E-state index contributed by atoms with van der Waals surface area (Å²) in [6.07, 6.45) is 1.52. The largest absolute Gasteiger partial charge is 0.356 e. The Morgan fingerprint density at radius 1 is 1.32 bits per heavy atom. The summed E-state index contributed by atoms with van der Waals surface area (Å²) >= 11 is 4.96. The van der Waals surface area contributed by atoms with Gasteiger partial charge in [-0.3, -0.25) is 4.99 Å². The van der Waals surface area contributed by atoms with Gasteiger partial charge in [-0.15, -0.1) is 35.3 Å². The minimum atomic E-state index is -0.165. The molecule has 0 bridgehead atoms. The van der Waals surface area contributed by atoms with E-state index in [2.05, 4.69) is 43.5 Å². The van der Waals surface area contributed by atoms with Crippen molar-refractivity contribution < 1.29 is 4.39 Å². The average Bonchev–Trinajstić information content (AvgIpc) is 2.86. The second kappa shape index (κ2) is 11.1. The summed E-state index contributed by atoms with van der Waals surface area (Å²) in [5.74, 6) is 0.568. The number of nitrogens with zero attached hydrogens (tertiary/aromatic N) is 2. The monoisotopic (exact) mass is 540 g/mol. The van der Waals surface area contributed by atoms with Crippen LogP contribution in [0.5, 0.6) is 0 Å². The number of aliphatic imine (C=N–C) groups is 1. The van der Waals surface area contributed by atoms with E-state index in [1.165, 1.54) is 10.9 Å². The lowest BCUT2D eigenvalue weighted by Gasteiger charge is -2.11. The van der Waals surface area contributed by atoms with E-state index >= 15 is 0 Å². The van der Waals surface area contributed by atoms with Crippen LogP contribution in [0.2, 0.25) is 0 Å². The molecule has 0 atom stereocenters. The third-order valence-electron chi connectivity index (χ3n) is 3.63. The highest BCUT2D eigenvalue weighted by Crippen LogP contribution is 2.17. The van der Waals surface area contributed by atoms with Crippen LogP contribution in [0.3, 0.4) is 0 Å². The van der Waals surface area contributed by atoms with Gasteiger partial charge in [-0.1, -0.05) is 22.0 Å². The van der Waals surface area contributed by atoms with Crippen LogP contribution in [0.1, 0.15) is 27.6 Å². The van der Waals surface area contributed by atoms with Crippen molar-refractivity contribution in [3.8, 4) is 0 Å². The van der Waals surface area contributed by atoms with Gasteiger partial charge in [0.15, 0.2) is 5.96 Å². The van der Waals surface area contributed by atoms with Gasteiger partial charge in [-0.05, 0) is 44.4 Å². The summed E-state index contributed by atoms with van der Waals surface area (Å²) in [6, 6.07) is 5.19. The van der Waals surface area contributed by atoms with Crippen LogP contribution in [0.4, 0.5) is 4.39 Å². The standard InChI is InChI=1S/C17H22BrFN4S.HI/c1-11-12(2)24-16(23-11)10-22-17(20-3)21-8-4-5-13-6-7-14(18)9-15(13)19;/h6-7,9H,4-5,8,10H2,1-3H3,(H2,20,21,22);1H. The van der Waals surface area contributed by atoms with E-state index in [1.807, 2.05) is 19.1 Å². The quantitative estimate of drug-likeness (QED) is 0.244. The first-order chi connectivity index (χ1) is 11.5. The van der Waals surface area contributed by atoms with Crippen LogP contribution < -0.4 is 10.6 Å². The molecule has 0 amide bonds. The van der Waals surface area contributed by atoms with Crippen molar-refractivity contribution in [1.82, 2.24) is 15.6 Å². The zero-order valence-electron chi connectivity index (χ0n) is 14.5. The number of thiazole rings is 1. The van der Waals surface area contributed by atoms with Gasteiger partial charge in [0.1, 0.15) is 10.8 Å². The second-order valence-electron chi connectivity index (χ2n) is 5.44. The number of guanidine groups is 1. The molecular formula is C17H23BrFIN4S. The normalized spacial score (nSPS) is 11.2. The summed E-state index contributed by atoms with van der Waals surface area (Å²) < 4.78 is 14.5. The van der Waals surface area contributed by atoms with Crippen molar-refractivity contribution in [3.63, 3.8) is 0 Å². The molecule has 25 heavy (non-hydrogen) atoms. The Kier molecular flexibility index (Phi) is 9.88. The van der Waals surface area contributed by atoms with Gasteiger partial charge in [0.2, 0.25) is 0 Å². The summed E-state index contributed by atoms with van der Waals surface area (Å²) in [5, 5.41) is 7.54. The van der Waals surface area contributed by atoms with E-state index in [0.717, 1.165) is 39.7 Å². The van der Waals surface area contributed by atoms with Crippen LogP contribution in [0, 0.1) is 19.7 Å². The molecule has 1 heterocycles. The summed E-state index contributed by atoms with van der Waals surface area (Å²) in [7, 11) is 1.74. The number of halogens is 3. The molecular weight excluding hydrogens is 518 g/mol. The molecule has 4 nitrogen and oxygen atoms in total. The van der Waals surface area contributed by atoms with Crippen LogP contribution in [0.25, 0.3) is 0 Å². The van der Waals surface area contributed by atoms with E-state index in [0.29, 0.717) is 13.0 Å². The molecule has 0 fully saturated rings. The van der Waals surface area contributed by atoms with Gasteiger partial charge < -0.3 is 10.6 Å². The van der Waals surface area contributed by atoms with E-state index in [9.17, 15) is 4.39 Å². The van der Waals surface area contributed by atoms with Crippen molar-refractivity contribution in [2.45, 2.75) is 33.2 Å². The first-order valence-electron chi connectivity index (χ1n) is 7.81. The molecule has 1 aromatic heterocycles. The zero-order valence-corrected chi connectivity index (χ0v) is 19.3. The van der Waals surface area contributed by atoms with Crippen LogP contribution in [-0.4, -0.2) is 24.5 Å². The molecule has 2 rings (SSSR count). The molecule has 2 N–H and O–H groups in total. The SMILES string of the molecule is CN=C(NCCCc1ccc(Br)cc1F)NCc1nc(C)c(C)s1.I. The van der Waals surface area contributed by atoms with Gasteiger partial charge in [0.05, 0.1) is 12.2 Å². The van der Waals surface area contributed by atoms with Crippen LogP contribution in [-0.2, 0) is 13.0 Å². The highest BCUT2D eigenvalue weighted by molar-refractivity contribution is 14.0. The fourth-order valence-electron chi connectivity index (χ4n) is 2.20. The van der Waals surface area contributed by atoms with Crippen molar-refractivity contribution >= 4 is 57.2 Å². The van der Waals surface area contributed by atoms with Gasteiger partial charge in [0.25, 0.3) is 0 Å². The number of nitrogens with one attached hydrogen (secondary N) is 2. The Bertz CT molecular complexity index is 701. The number of hydrogen-bond acceptors (Lipinski definition) is 3. The second-order valence-corrected chi connectivity index (χ2v) is 7.64. The lowest BCUT2D eigenvalue weighted by Crippen LogP contribution is -2.37. The molecule has 8 heteroatoms. The van der Waals surface area contributed by atoms with Crippen molar-refractivity contribution in [2.24, 2.45) is 4.99 Å². The summed E-state index contributed by atoms with van der Waals surface area (Å²) in [5.41, 5.74) is 1.81. The first kappa shape index (κ1) is 22.3. The number of aryl methyl sites for hydroxylation is 3. The molecule has 0 aliphatic heterocycles. The highest BCUT2D eigenvalue weighted by Gasteiger charge is 2.05. The summed E-state index contributed by atoms with van der Waals surface area (Å²) in [4.78, 5) is 9.94. The fourth-order valence-corrected chi connectivity index (χ4v) is 3.41. The smallest absolute Gasteiger partial charge is 0.191 e. The molecule has 0 radical (unpaired) electrons. The Balaban J connectivity index is 0.00000312. The van der Waals surface area contributed by atoms with E-state index in [1.54, 1.807) is 18.4 Å². The molecule has 0 saturated carbocycles. The molecule has 0 unspecified atom stereocenters. The topological polar surface area (TPSA) is 49.3 Å². The average molecular weight is 541 g/mol. The molecule has 0 spiro atoms. The Morgan fingerprint density at radius 2 is 2.08 bits per heavy atom. The van der Waals surface area contributed by atoms with Gasteiger partial charge in [0, 0.05) is 22.9 Å². The lowest BCUT2D eigenvalue weighted by molar-refractivity contribution is 0.602. The predicted molar refractivity (Wildman–Crippen MR) is 118 cm³/mol. The molecule has 0 saturated heterocycles. The van der Waals surface area contributed by atoms with E-state index in [4.69, 9.17) is 0 Å². The number of hydrogen-bond donors (Lipinski definition) is 2. The fraction of sp³-hybridized carbons (Fsp3) is 0.412. The Hall–Kier alpha value is -0.740. The maximum absolute atomic E-state index is 13.8. The third kappa shape index (κ3) is 7.18. The van der Waals surface area contributed by atoms with Crippen LogP contribution in [0.15, 0.2) is 27.7 Å². The molecule has 138 valence electrons. The van der Waals surface area contributed by atoms with Crippen molar-refractivity contribution in [2.75, 3.05) is 13.6 Å². The van der Waals surface area contributed by atoms with Crippen molar-refractivity contribution in [3.05, 3.63) is 49.6 Å². The maximum atomic E-state index is 13.8. The van der Waals surface area contributed by atoms with E-state index < -0.39 is 0 Å². The molecule has 2 aromatic rings. The zero-order chi connectivity index (χ0) is 17.5. The molecule has 1 aromatic carbocycles. The minimum Gasteiger partial charge on any atom is -0.356 e. The molecule has 0 aliphatic rings.